The Morgan fingerprint density at radius 1 is 1.29 bits per heavy atom. The van der Waals surface area contributed by atoms with Crippen LogP contribution in [0, 0.1) is 12.8 Å². The Bertz CT molecular complexity index is 788. The van der Waals surface area contributed by atoms with E-state index in [1.54, 1.807) is 13.3 Å². The van der Waals surface area contributed by atoms with Gasteiger partial charge in [0.15, 0.2) is 0 Å². The Labute approximate surface area is 167 Å². The highest BCUT2D eigenvalue weighted by atomic mass is 16.5. The molecule has 1 aliphatic rings. The van der Waals surface area contributed by atoms with Crippen LogP contribution in [0.3, 0.4) is 0 Å². The number of rotatable bonds is 7. The van der Waals surface area contributed by atoms with Gasteiger partial charge < -0.3 is 14.5 Å². The van der Waals surface area contributed by atoms with Crippen molar-refractivity contribution in [3.05, 3.63) is 53.6 Å². The summed E-state index contributed by atoms with van der Waals surface area (Å²) in [7, 11) is 3.61. The number of aryl methyl sites for hydroxylation is 1. The molecule has 1 saturated heterocycles. The number of amides is 1. The molecule has 0 N–H and O–H groups in total. The van der Waals surface area contributed by atoms with E-state index in [9.17, 15) is 4.79 Å². The molecule has 0 atom stereocenters. The monoisotopic (exact) mass is 382 g/mol. The lowest BCUT2D eigenvalue weighted by molar-refractivity contribution is 0.0738. The molecule has 1 aromatic carbocycles. The Hall–Kier alpha value is -2.47. The Morgan fingerprint density at radius 3 is 2.75 bits per heavy atom. The summed E-state index contributed by atoms with van der Waals surface area (Å²) in [6.45, 7) is 5.84. The number of ether oxygens (including phenoxy) is 1. The van der Waals surface area contributed by atoms with Crippen molar-refractivity contribution in [2.75, 3.05) is 40.3 Å². The van der Waals surface area contributed by atoms with E-state index in [1.807, 2.05) is 31.0 Å². The summed E-state index contributed by atoms with van der Waals surface area (Å²) in [6, 6.07) is 8.24. The van der Waals surface area contributed by atoms with E-state index in [1.165, 1.54) is 11.9 Å². The molecule has 2 aromatic rings. The number of hydrogen-bond donors (Lipinski definition) is 0. The van der Waals surface area contributed by atoms with Gasteiger partial charge in [0.2, 0.25) is 0 Å². The summed E-state index contributed by atoms with van der Waals surface area (Å²) in [6.07, 6.45) is 6.33. The second-order valence-electron chi connectivity index (χ2n) is 7.55. The molecule has 0 bridgehead atoms. The van der Waals surface area contributed by atoms with Crippen molar-refractivity contribution >= 4 is 5.91 Å². The number of piperidine rings is 1. The second-order valence-corrected chi connectivity index (χ2v) is 7.55. The lowest BCUT2D eigenvalue weighted by Crippen LogP contribution is -2.40. The topological polar surface area (TPSA) is 58.6 Å². The zero-order chi connectivity index (χ0) is 19.9. The fraction of sp³-hybridized carbons (Fsp3) is 0.500. The summed E-state index contributed by atoms with van der Waals surface area (Å²) in [5.41, 5.74) is 2.59. The fourth-order valence-corrected chi connectivity index (χ4v) is 3.86. The third-order valence-corrected chi connectivity index (χ3v) is 5.62. The molecule has 150 valence electrons. The van der Waals surface area contributed by atoms with Crippen molar-refractivity contribution in [1.29, 1.82) is 0 Å². The molecular formula is C22H30N4O2. The van der Waals surface area contributed by atoms with E-state index in [-0.39, 0.29) is 5.91 Å². The van der Waals surface area contributed by atoms with Gasteiger partial charge >= 0.3 is 0 Å². The van der Waals surface area contributed by atoms with Crippen LogP contribution in [0.15, 0.2) is 36.8 Å². The Kier molecular flexibility index (Phi) is 6.98. The van der Waals surface area contributed by atoms with Crippen LogP contribution in [0.1, 0.15) is 34.5 Å². The zero-order valence-electron chi connectivity index (χ0n) is 17.1. The SMILES string of the molecule is COc1ccccc1CCN1CCC(CN(C)C(=O)c2cncnc2C)CC1. The molecular weight excluding hydrogens is 352 g/mol. The van der Waals surface area contributed by atoms with Gasteiger partial charge in [-0.15, -0.1) is 0 Å². The van der Waals surface area contributed by atoms with Crippen molar-refractivity contribution in [2.24, 2.45) is 5.92 Å². The van der Waals surface area contributed by atoms with Crippen LogP contribution in [0.5, 0.6) is 5.75 Å². The maximum Gasteiger partial charge on any atom is 0.257 e. The number of aromatic nitrogens is 2. The molecule has 3 rings (SSSR count). The number of methoxy groups -OCH3 is 1. The van der Waals surface area contributed by atoms with Gasteiger partial charge in [-0.2, -0.15) is 0 Å². The van der Waals surface area contributed by atoms with Crippen LogP contribution in [0.25, 0.3) is 0 Å². The van der Waals surface area contributed by atoms with Crippen molar-refractivity contribution < 1.29 is 9.53 Å². The number of para-hydroxylation sites is 1. The number of carbonyl (C=O) groups excluding carboxylic acids is 1. The van der Waals surface area contributed by atoms with Crippen LogP contribution in [0.2, 0.25) is 0 Å². The highest BCUT2D eigenvalue weighted by Gasteiger charge is 2.23. The van der Waals surface area contributed by atoms with E-state index in [2.05, 4.69) is 27.0 Å². The average Bonchev–Trinajstić information content (AvgIpc) is 2.73. The minimum Gasteiger partial charge on any atom is -0.496 e. The standard InChI is InChI=1S/C22H30N4O2/c1-17-20(14-23-16-24-17)22(27)25(2)15-18-8-11-26(12-9-18)13-10-19-6-4-5-7-21(19)28-3/h4-7,14,16,18H,8-13,15H2,1-3H3. The number of benzene rings is 1. The van der Waals surface area contributed by atoms with Crippen molar-refractivity contribution in [3.8, 4) is 5.75 Å². The first-order valence-electron chi connectivity index (χ1n) is 9.94. The molecule has 0 aliphatic carbocycles. The lowest BCUT2D eigenvalue weighted by atomic mass is 9.95. The Morgan fingerprint density at radius 2 is 2.04 bits per heavy atom. The molecule has 6 heteroatoms. The van der Waals surface area contributed by atoms with Gasteiger partial charge in [-0.25, -0.2) is 9.97 Å². The largest absolute Gasteiger partial charge is 0.496 e. The summed E-state index contributed by atoms with van der Waals surface area (Å²) in [5, 5.41) is 0. The zero-order valence-corrected chi connectivity index (χ0v) is 17.1. The maximum absolute atomic E-state index is 12.6. The number of carbonyl (C=O) groups is 1. The third-order valence-electron chi connectivity index (χ3n) is 5.62. The van der Waals surface area contributed by atoms with Crippen LogP contribution in [0.4, 0.5) is 0 Å². The molecule has 28 heavy (non-hydrogen) atoms. The lowest BCUT2D eigenvalue weighted by Gasteiger charge is -2.34. The van der Waals surface area contributed by atoms with Crippen molar-refractivity contribution in [2.45, 2.75) is 26.2 Å². The maximum atomic E-state index is 12.6. The van der Waals surface area contributed by atoms with Gasteiger partial charge in [0.25, 0.3) is 5.91 Å². The van der Waals surface area contributed by atoms with Crippen LogP contribution >= 0.6 is 0 Å². The van der Waals surface area contributed by atoms with Gasteiger partial charge in [-0.05, 0) is 56.8 Å². The van der Waals surface area contributed by atoms with Crippen LogP contribution in [-0.2, 0) is 6.42 Å². The van der Waals surface area contributed by atoms with E-state index in [4.69, 9.17) is 4.74 Å². The summed E-state index contributed by atoms with van der Waals surface area (Å²) >= 11 is 0. The first-order valence-corrected chi connectivity index (χ1v) is 9.94. The average molecular weight is 383 g/mol. The molecule has 0 unspecified atom stereocenters. The molecule has 2 heterocycles. The molecule has 1 fully saturated rings. The predicted octanol–water partition coefficient (Wildman–Crippen LogP) is 2.82. The minimum absolute atomic E-state index is 0.0108. The minimum atomic E-state index is 0.0108. The van der Waals surface area contributed by atoms with Gasteiger partial charge in [0, 0.05) is 26.3 Å². The van der Waals surface area contributed by atoms with E-state index in [0.717, 1.165) is 56.9 Å². The quantitative estimate of drug-likeness (QED) is 0.737. The smallest absolute Gasteiger partial charge is 0.257 e. The van der Waals surface area contributed by atoms with Gasteiger partial charge in [-0.3, -0.25) is 4.79 Å². The first kappa shape index (κ1) is 20.3. The van der Waals surface area contributed by atoms with Gasteiger partial charge in [0.05, 0.1) is 18.4 Å². The summed E-state index contributed by atoms with van der Waals surface area (Å²) < 4.78 is 5.45. The molecule has 1 aliphatic heterocycles. The molecule has 0 radical (unpaired) electrons. The number of hydrogen-bond acceptors (Lipinski definition) is 5. The highest BCUT2D eigenvalue weighted by molar-refractivity contribution is 5.94. The van der Waals surface area contributed by atoms with Crippen molar-refractivity contribution in [1.82, 2.24) is 19.8 Å². The third kappa shape index (κ3) is 5.07. The van der Waals surface area contributed by atoms with Crippen LogP contribution in [-0.4, -0.2) is 66.0 Å². The summed E-state index contributed by atoms with van der Waals surface area (Å²) in [5.74, 6) is 1.52. The normalized spacial score (nSPS) is 15.4. The van der Waals surface area contributed by atoms with Crippen LogP contribution < -0.4 is 4.74 Å². The first-order chi connectivity index (χ1) is 13.6. The predicted molar refractivity (Wildman–Crippen MR) is 110 cm³/mol. The van der Waals surface area contributed by atoms with Gasteiger partial charge in [0.1, 0.15) is 12.1 Å². The summed E-state index contributed by atoms with van der Waals surface area (Å²) in [4.78, 5) is 25.1. The number of likely N-dealkylation sites (tertiary alicyclic amines) is 1. The Balaban J connectivity index is 1.45. The van der Waals surface area contributed by atoms with E-state index < -0.39 is 0 Å². The number of nitrogens with zero attached hydrogens (tertiary/aromatic N) is 4. The highest BCUT2D eigenvalue weighted by Crippen LogP contribution is 2.22. The second kappa shape index (κ2) is 9.64. The molecule has 0 saturated carbocycles. The molecule has 0 spiro atoms. The molecule has 6 nitrogen and oxygen atoms in total. The van der Waals surface area contributed by atoms with Crippen molar-refractivity contribution in [3.63, 3.8) is 0 Å². The molecule has 1 aromatic heterocycles. The fourth-order valence-electron chi connectivity index (χ4n) is 3.86. The van der Waals surface area contributed by atoms with E-state index >= 15 is 0 Å². The van der Waals surface area contributed by atoms with Gasteiger partial charge in [-0.1, -0.05) is 18.2 Å². The van der Waals surface area contributed by atoms with E-state index in [0.29, 0.717) is 11.5 Å². The molecule has 1 amide bonds.